The third-order valence-corrected chi connectivity index (χ3v) is 5.10. The monoisotopic (exact) mass is 238 g/mol. The lowest BCUT2D eigenvalue weighted by Gasteiger charge is -2.50. The van der Waals surface area contributed by atoms with E-state index < -0.39 is 0 Å². The van der Waals surface area contributed by atoms with Crippen LogP contribution in [0.5, 0.6) is 0 Å². The second kappa shape index (κ2) is 4.87. The highest BCUT2D eigenvalue weighted by molar-refractivity contribution is 5.02. The Morgan fingerprint density at radius 3 is 2.82 bits per heavy atom. The summed E-state index contributed by atoms with van der Waals surface area (Å²) in [7, 11) is 2.24. The molecule has 0 amide bonds. The van der Waals surface area contributed by atoms with Gasteiger partial charge in [0.05, 0.1) is 12.2 Å². The fourth-order valence-electron chi connectivity index (χ4n) is 3.83. The van der Waals surface area contributed by atoms with E-state index in [0.29, 0.717) is 6.04 Å². The van der Waals surface area contributed by atoms with Gasteiger partial charge in [-0.15, -0.1) is 0 Å². The number of morpholine rings is 1. The predicted octanol–water partition coefficient (Wildman–Crippen LogP) is 1.63. The normalized spacial score (nSPS) is 41.1. The minimum absolute atomic E-state index is 0.161. The van der Waals surface area contributed by atoms with E-state index in [-0.39, 0.29) is 5.60 Å². The van der Waals surface area contributed by atoms with Gasteiger partial charge < -0.3 is 15.0 Å². The first-order valence-corrected chi connectivity index (χ1v) is 7.36. The smallest absolute Gasteiger partial charge is 0.0850 e. The van der Waals surface area contributed by atoms with Crippen LogP contribution in [0.15, 0.2) is 0 Å². The van der Waals surface area contributed by atoms with Gasteiger partial charge in [0.15, 0.2) is 0 Å². The lowest BCUT2D eigenvalue weighted by Crippen LogP contribution is -2.62. The Labute approximate surface area is 105 Å². The molecule has 0 radical (unpaired) electrons. The molecule has 1 aliphatic carbocycles. The molecule has 3 fully saturated rings. The highest BCUT2D eigenvalue weighted by Crippen LogP contribution is 2.41. The molecule has 3 nitrogen and oxygen atoms in total. The maximum absolute atomic E-state index is 6.32. The molecule has 98 valence electrons. The Kier molecular flexibility index (Phi) is 3.42. The van der Waals surface area contributed by atoms with Crippen molar-refractivity contribution in [1.82, 2.24) is 10.2 Å². The first-order chi connectivity index (χ1) is 8.30. The standard InChI is InChI=1S/C14H26N2O/c1-16-9-3-6-14(7-10-16)13(12-4-2-5-12)15-8-11-17-14/h12-13,15H,2-11H2,1H3. The van der Waals surface area contributed by atoms with Crippen molar-refractivity contribution in [3.8, 4) is 0 Å². The Bertz CT molecular complexity index is 267. The van der Waals surface area contributed by atoms with E-state index in [2.05, 4.69) is 17.3 Å². The van der Waals surface area contributed by atoms with Crippen molar-refractivity contribution in [2.45, 2.75) is 50.2 Å². The molecule has 1 saturated carbocycles. The van der Waals surface area contributed by atoms with Crippen LogP contribution in [0.25, 0.3) is 0 Å². The third kappa shape index (κ3) is 2.25. The molecule has 0 aromatic heterocycles. The average molecular weight is 238 g/mol. The Morgan fingerprint density at radius 1 is 1.18 bits per heavy atom. The summed E-state index contributed by atoms with van der Waals surface area (Å²) in [5.74, 6) is 0.888. The van der Waals surface area contributed by atoms with Crippen LogP contribution in [0.3, 0.4) is 0 Å². The number of hydrogen-bond donors (Lipinski definition) is 1. The number of ether oxygens (including phenoxy) is 1. The number of likely N-dealkylation sites (tertiary alicyclic amines) is 1. The summed E-state index contributed by atoms with van der Waals surface area (Å²) in [6.45, 7) is 4.40. The van der Waals surface area contributed by atoms with Crippen LogP contribution in [0.1, 0.15) is 38.5 Å². The van der Waals surface area contributed by atoms with Crippen LogP contribution in [-0.4, -0.2) is 49.8 Å². The van der Waals surface area contributed by atoms with E-state index in [1.165, 1.54) is 51.6 Å². The van der Waals surface area contributed by atoms with E-state index in [1.54, 1.807) is 0 Å². The van der Waals surface area contributed by atoms with Gasteiger partial charge in [0.2, 0.25) is 0 Å². The van der Waals surface area contributed by atoms with E-state index in [4.69, 9.17) is 4.74 Å². The Morgan fingerprint density at radius 2 is 2.06 bits per heavy atom. The Balaban J connectivity index is 1.75. The third-order valence-electron chi connectivity index (χ3n) is 5.10. The van der Waals surface area contributed by atoms with Crippen LogP contribution in [0, 0.1) is 5.92 Å². The summed E-state index contributed by atoms with van der Waals surface area (Å²) >= 11 is 0. The van der Waals surface area contributed by atoms with Gasteiger partial charge in [0.1, 0.15) is 0 Å². The van der Waals surface area contributed by atoms with Gasteiger partial charge in [-0.05, 0) is 51.6 Å². The second-order valence-corrected chi connectivity index (χ2v) is 6.19. The van der Waals surface area contributed by atoms with Gasteiger partial charge in [0.25, 0.3) is 0 Å². The largest absolute Gasteiger partial charge is 0.372 e. The summed E-state index contributed by atoms with van der Waals surface area (Å²) in [6, 6.07) is 0.636. The fourth-order valence-corrected chi connectivity index (χ4v) is 3.83. The van der Waals surface area contributed by atoms with Crippen molar-refractivity contribution < 1.29 is 4.74 Å². The first kappa shape index (κ1) is 11.9. The number of nitrogens with one attached hydrogen (secondary N) is 1. The predicted molar refractivity (Wildman–Crippen MR) is 69.2 cm³/mol. The lowest BCUT2D eigenvalue weighted by molar-refractivity contribution is -0.126. The molecule has 0 aromatic carbocycles. The molecule has 3 aliphatic rings. The minimum atomic E-state index is 0.161. The van der Waals surface area contributed by atoms with Gasteiger partial charge in [-0.25, -0.2) is 0 Å². The van der Waals surface area contributed by atoms with Crippen molar-refractivity contribution in [2.75, 3.05) is 33.3 Å². The Hall–Kier alpha value is -0.120. The van der Waals surface area contributed by atoms with Crippen molar-refractivity contribution in [3.05, 3.63) is 0 Å². The zero-order valence-corrected chi connectivity index (χ0v) is 11.1. The van der Waals surface area contributed by atoms with Gasteiger partial charge in [-0.3, -0.25) is 0 Å². The zero-order valence-electron chi connectivity index (χ0n) is 11.1. The number of rotatable bonds is 1. The first-order valence-electron chi connectivity index (χ1n) is 7.36. The molecule has 2 heterocycles. The molecule has 17 heavy (non-hydrogen) atoms. The molecule has 2 atom stereocenters. The molecule has 0 aromatic rings. The zero-order chi connectivity index (χ0) is 11.7. The summed E-state index contributed by atoms with van der Waals surface area (Å²) in [4.78, 5) is 2.46. The van der Waals surface area contributed by atoms with E-state index in [9.17, 15) is 0 Å². The molecule has 1 spiro atoms. The molecule has 2 saturated heterocycles. The SMILES string of the molecule is CN1CCCC2(CC1)OCCNC2C1CCC1. The van der Waals surface area contributed by atoms with Gasteiger partial charge >= 0.3 is 0 Å². The summed E-state index contributed by atoms with van der Waals surface area (Å²) < 4.78 is 6.32. The molecular formula is C14H26N2O. The summed E-state index contributed by atoms with van der Waals surface area (Å²) in [5, 5.41) is 3.78. The summed E-state index contributed by atoms with van der Waals surface area (Å²) in [5.41, 5.74) is 0.161. The topological polar surface area (TPSA) is 24.5 Å². The van der Waals surface area contributed by atoms with Crippen molar-refractivity contribution in [2.24, 2.45) is 5.92 Å². The van der Waals surface area contributed by atoms with Crippen LogP contribution >= 0.6 is 0 Å². The number of hydrogen-bond acceptors (Lipinski definition) is 3. The van der Waals surface area contributed by atoms with E-state index in [0.717, 1.165) is 19.1 Å². The van der Waals surface area contributed by atoms with Crippen LogP contribution in [0.2, 0.25) is 0 Å². The van der Waals surface area contributed by atoms with Crippen molar-refractivity contribution in [3.63, 3.8) is 0 Å². The van der Waals surface area contributed by atoms with E-state index in [1.807, 2.05) is 0 Å². The number of nitrogens with zero attached hydrogens (tertiary/aromatic N) is 1. The molecule has 2 aliphatic heterocycles. The van der Waals surface area contributed by atoms with Crippen LogP contribution in [0.4, 0.5) is 0 Å². The fraction of sp³-hybridized carbons (Fsp3) is 1.00. The van der Waals surface area contributed by atoms with Crippen molar-refractivity contribution >= 4 is 0 Å². The quantitative estimate of drug-likeness (QED) is 0.751. The van der Waals surface area contributed by atoms with Gasteiger partial charge in [0, 0.05) is 19.1 Å². The molecule has 3 rings (SSSR count). The molecule has 1 N–H and O–H groups in total. The molecule has 3 heteroatoms. The van der Waals surface area contributed by atoms with Gasteiger partial charge in [-0.2, -0.15) is 0 Å². The molecular weight excluding hydrogens is 212 g/mol. The molecule has 0 bridgehead atoms. The lowest BCUT2D eigenvalue weighted by atomic mass is 9.70. The average Bonchev–Trinajstić information content (AvgIpc) is 2.44. The maximum atomic E-state index is 6.32. The van der Waals surface area contributed by atoms with E-state index >= 15 is 0 Å². The van der Waals surface area contributed by atoms with Crippen molar-refractivity contribution in [1.29, 1.82) is 0 Å². The van der Waals surface area contributed by atoms with Crippen LogP contribution in [-0.2, 0) is 4.74 Å². The van der Waals surface area contributed by atoms with Crippen LogP contribution < -0.4 is 5.32 Å². The maximum Gasteiger partial charge on any atom is 0.0850 e. The highest BCUT2D eigenvalue weighted by atomic mass is 16.5. The van der Waals surface area contributed by atoms with Gasteiger partial charge in [-0.1, -0.05) is 6.42 Å². The minimum Gasteiger partial charge on any atom is -0.372 e. The highest BCUT2D eigenvalue weighted by Gasteiger charge is 2.47. The molecule has 2 unspecified atom stereocenters. The summed E-state index contributed by atoms with van der Waals surface area (Å²) in [6.07, 6.45) is 8.03. The second-order valence-electron chi connectivity index (χ2n) is 6.19.